The van der Waals surface area contributed by atoms with Gasteiger partial charge in [-0.2, -0.15) is 0 Å². The van der Waals surface area contributed by atoms with Gasteiger partial charge >= 0.3 is 491 Å². The fourth-order valence-corrected chi connectivity index (χ4v) is 22.6. The van der Waals surface area contributed by atoms with Crippen molar-refractivity contribution in [2.75, 3.05) is 42.7 Å². The van der Waals surface area contributed by atoms with Crippen LogP contribution in [0.15, 0.2) is 231 Å². The van der Waals surface area contributed by atoms with E-state index in [1.54, 1.807) is 42.7 Å². The topological polar surface area (TPSA) is 94.0 Å². The number of nitriles is 1. The van der Waals surface area contributed by atoms with Crippen LogP contribution in [0.5, 0.6) is 34.5 Å². The summed E-state index contributed by atoms with van der Waals surface area (Å²) >= 11 is -4.21. The van der Waals surface area contributed by atoms with Crippen LogP contribution < -0.4 is 46.0 Å². The number of aromatic nitrogens is 3. The van der Waals surface area contributed by atoms with Crippen LogP contribution in [0.2, 0.25) is 0 Å². The van der Waals surface area contributed by atoms with Gasteiger partial charge in [-0.25, -0.2) is 0 Å². The third-order valence-corrected chi connectivity index (χ3v) is 27.0. The van der Waals surface area contributed by atoms with Crippen LogP contribution in [0.4, 0.5) is 0 Å². The van der Waals surface area contributed by atoms with E-state index in [1.165, 1.54) is 17.6 Å². The molecule has 11 aromatic carbocycles. The van der Waals surface area contributed by atoms with E-state index in [2.05, 4.69) is 190 Å². The zero-order valence-corrected chi connectivity index (χ0v) is 49.3. The fourth-order valence-electron chi connectivity index (χ4n) is 12.9. The summed E-state index contributed by atoms with van der Waals surface area (Å²) in [5, 5.41) is 16.7. The van der Waals surface area contributed by atoms with E-state index in [-0.39, 0.29) is 0 Å². The summed E-state index contributed by atoms with van der Waals surface area (Å²) in [4.78, 5) is 0. The molecule has 0 aliphatic heterocycles. The number of fused-ring (bicyclic) bond motifs is 9. The Labute approximate surface area is 488 Å². The molecule has 0 unspecified atom stereocenters. The van der Waals surface area contributed by atoms with E-state index >= 15 is 0 Å². The molecule has 0 aliphatic carbocycles. The van der Waals surface area contributed by atoms with Crippen molar-refractivity contribution in [2.24, 2.45) is 0 Å². The minimum absolute atomic E-state index is 0.630. The first-order valence-electron chi connectivity index (χ1n) is 27.7. The van der Waals surface area contributed by atoms with Gasteiger partial charge in [-0.1, -0.05) is 0 Å². The molecule has 14 rings (SSSR count). The normalized spacial score (nSPS) is 11.7. The second-order valence-electron chi connectivity index (χ2n) is 20.9. The predicted molar refractivity (Wildman–Crippen MR) is 343 cm³/mol. The Morgan fingerprint density at radius 3 is 0.798 bits per heavy atom. The molecule has 408 valence electrons. The molecule has 0 aliphatic rings. The zero-order chi connectivity index (χ0) is 57.2. The van der Waals surface area contributed by atoms with Crippen molar-refractivity contribution in [3.63, 3.8) is 0 Å². The van der Waals surface area contributed by atoms with Gasteiger partial charge in [0.05, 0.1) is 0 Å². The minimum atomic E-state index is -4.21. The van der Waals surface area contributed by atoms with E-state index in [0.717, 1.165) is 128 Å². The molecule has 14 aromatic rings. The van der Waals surface area contributed by atoms with Gasteiger partial charge in [-0.3, -0.25) is 0 Å². The van der Waals surface area contributed by atoms with Crippen LogP contribution in [0.1, 0.15) is 5.56 Å². The van der Waals surface area contributed by atoms with Crippen LogP contribution in [0, 0.1) is 11.3 Å². The SMILES string of the molecule is COc1ccc2c(c1)c1cc(OC)ccc1n2-c1cc[c]([Ge]([c]2ccc(-c3ccccc3C#N)cc2)([c]2ccc(-n3c4ccc(OC)cc4c4cc(OC)ccc43)cc2)[c]2ccc(-n3c4ccc(OC)cc4c4cc(OC)ccc43)cc2)cc1. The molecular formula is C73H56GeN4O6. The Hall–Kier alpha value is -10.3. The maximum absolute atomic E-state index is 10.3. The molecule has 0 spiro atoms. The van der Waals surface area contributed by atoms with Crippen LogP contribution >= 0.6 is 0 Å². The van der Waals surface area contributed by atoms with Gasteiger partial charge in [0.25, 0.3) is 0 Å². The molecule has 10 nitrogen and oxygen atoms in total. The molecule has 0 saturated heterocycles. The van der Waals surface area contributed by atoms with Crippen LogP contribution in [0.25, 0.3) is 93.6 Å². The molecule has 0 radical (unpaired) electrons. The first kappa shape index (κ1) is 51.8. The van der Waals surface area contributed by atoms with Gasteiger partial charge in [0.1, 0.15) is 0 Å². The number of hydrogen-bond acceptors (Lipinski definition) is 7. The van der Waals surface area contributed by atoms with Crippen LogP contribution in [0.3, 0.4) is 0 Å². The molecule has 0 atom stereocenters. The molecule has 0 N–H and O–H groups in total. The van der Waals surface area contributed by atoms with Crippen LogP contribution in [-0.2, 0) is 0 Å². The standard InChI is InChI=1S/C73H56GeN4O6/c1-79-55-27-33-68-62(39-55)63-40-56(80-2)28-34-69(63)76(68)52-21-15-49(16-22-52)74(48-13-11-46(12-14-48)61-10-8-7-9-47(61)45-75,50-17-23-53(24-18-50)77-70-35-29-57(81-3)41-64(70)65-42-58(82-4)30-36-71(65)77)51-19-25-54(26-20-51)78-72-37-31-59(83-5)43-66(72)67-44-60(84-6)32-38-73(67)78/h7-44H,1-6H3. The third kappa shape index (κ3) is 8.22. The Balaban J connectivity index is 1.02. The Morgan fingerprint density at radius 2 is 0.548 bits per heavy atom. The number of benzene rings is 11. The summed E-state index contributed by atoms with van der Waals surface area (Å²) in [5.74, 6) is 4.72. The second kappa shape index (κ2) is 20.9. The number of methoxy groups -OCH3 is 6. The van der Waals surface area contributed by atoms with Crippen molar-refractivity contribution in [2.45, 2.75) is 0 Å². The molecule has 3 heterocycles. The van der Waals surface area contributed by atoms with E-state index in [0.29, 0.717) is 5.56 Å². The van der Waals surface area contributed by atoms with Crippen molar-refractivity contribution in [3.05, 3.63) is 236 Å². The summed E-state index contributed by atoms with van der Waals surface area (Å²) in [6.45, 7) is 0. The molecular weight excluding hydrogens is 1100 g/mol. The third-order valence-electron chi connectivity index (χ3n) is 16.9. The summed E-state index contributed by atoms with van der Waals surface area (Å²) in [5.41, 5.74) is 11.9. The predicted octanol–water partition coefficient (Wildman–Crippen LogP) is 13.9. The number of rotatable bonds is 14. The van der Waals surface area contributed by atoms with Gasteiger partial charge in [0.15, 0.2) is 0 Å². The summed E-state index contributed by atoms with van der Waals surface area (Å²) in [7, 11) is 10.2. The van der Waals surface area contributed by atoms with Crippen molar-refractivity contribution >= 4 is 96.3 Å². The molecule has 0 fully saturated rings. The summed E-state index contributed by atoms with van der Waals surface area (Å²) < 4.78 is 46.5. The van der Waals surface area contributed by atoms with E-state index in [4.69, 9.17) is 28.4 Å². The Kier molecular flexibility index (Phi) is 12.9. The van der Waals surface area contributed by atoms with E-state index < -0.39 is 13.3 Å². The quantitative estimate of drug-likeness (QED) is 0.100. The van der Waals surface area contributed by atoms with E-state index in [9.17, 15) is 5.26 Å². The van der Waals surface area contributed by atoms with Crippen molar-refractivity contribution in [3.8, 4) is 68.8 Å². The van der Waals surface area contributed by atoms with Crippen LogP contribution in [-0.4, -0.2) is 69.6 Å². The monoisotopic (exact) mass is 1160 g/mol. The first-order chi connectivity index (χ1) is 41.3. The van der Waals surface area contributed by atoms with Crippen molar-refractivity contribution in [1.29, 1.82) is 5.26 Å². The van der Waals surface area contributed by atoms with Gasteiger partial charge in [-0.05, 0) is 0 Å². The summed E-state index contributed by atoms with van der Waals surface area (Å²) in [6.07, 6.45) is 0. The van der Waals surface area contributed by atoms with Gasteiger partial charge < -0.3 is 0 Å². The maximum atomic E-state index is 10.3. The van der Waals surface area contributed by atoms with Gasteiger partial charge in [0.2, 0.25) is 0 Å². The molecule has 0 amide bonds. The van der Waals surface area contributed by atoms with Crippen molar-refractivity contribution in [1.82, 2.24) is 13.7 Å². The first-order valence-corrected chi connectivity index (χ1v) is 31.9. The molecule has 3 aromatic heterocycles. The number of ether oxygens (including phenoxy) is 6. The molecule has 0 bridgehead atoms. The number of hydrogen-bond donors (Lipinski definition) is 0. The molecule has 0 saturated carbocycles. The molecule has 11 heteroatoms. The summed E-state index contributed by atoms with van der Waals surface area (Å²) in [6, 6.07) is 84.8. The van der Waals surface area contributed by atoms with E-state index in [1.807, 2.05) is 60.7 Å². The zero-order valence-electron chi connectivity index (χ0n) is 47.2. The second-order valence-corrected chi connectivity index (χ2v) is 28.9. The Bertz CT molecular complexity index is 4320. The fraction of sp³-hybridized carbons (Fsp3) is 0.0822. The van der Waals surface area contributed by atoms with Gasteiger partial charge in [0, 0.05) is 0 Å². The average molecular weight is 1160 g/mol. The van der Waals surface area contributed by atoms with Gasteiger partial charge in [-0.15, -0.1) is 0 Å². The number of nitrogens with zero attached hydrogens (tertiary/aromatic N) is 4. The molecule has 84 heavy (non-hydrogen) atoms. The average Bonchev–Trinajstić information content (AvgIpc) is 2.06. The Morgan fingerprint density at radius 1 is 0.298 bits per heavy atom. The van der Waals surface area contributed by atoms with Crippen molar-refractivity contribution < 1.29 is 28.4 Å².